The van der Waals surface area contributed by atoms with E-state index in [1.807, 2.05) is 4.57 Å². The number of piperidine rings is 1. The molecule has 0 aliphatic carbocycles. The molecule has 1 fully saturated rings. The Morgan fingerprint density at radius 2 is 1.76 bits per heavy atom. The Bertz CT molecular complexity index is 1080. The Kier molecular flexibility index (Phi) is 7.72. The maximum absolute atomic E-state index is 13.9. The zero-order valence-corrected chi connectivity index (χ0v) is 19.4. The summed E-state index contributed by atoms with van der Waals surface area (Å²) in [6.45, 7) is 2.86. The molecule has 3 aromatic rings. The average molecular weight is 472 g/mol. The van der Waals surface area contributed by atoms with Gasteiger partial charge in [0.1, 0.15) is 11.6 Å². The average Bonchev–Trinajstić information content (AvgIpc) is 3.22. The van der Waals surface area contributed by atoms with Gasteiger partial charge in [0.25, 0.3) is 0 Å². The van der Waals surface area contributed by atoms with Gasteiger partial charge >= 0.3 is 0 Å². The molecule has 1 saturated heterocycles. The lowest BCUT2D eigenvalue weighted by atomic mass is 10.1. The van der Waals surface area contributed by atoms with E-state index in [1.165, 1.54) is 41.3 Å². The minimum absolute atomic E-state index is 0.133. The van der Waals surface area contributed by atoms with Gasteiger partial charge in [0.2, 0.25) is 5.91 Å². The second kappa shape index (κ2) is 10.9. The molecule has 1 amide bonds. The Balaban J connectivity index is 1.48. The maximum Gasteiger partial charge on any atom is 0.233 e. The molecule has 2 heterocycles. The first-order valence-electron chi connectivity index (χ1n) is 11.0. The lowest BCUT2D eigenvalue weighted by Crippen LogP contribution is -2.30. The molecule has 4 rings (SSSR count). The normalized spacial score (nSPS) is 14.4. The molecule has 33 heavy (non-hydrogen) atoms. The van der Waals surface area contributed by atoms with Gasteiger partial charge in [-0.2, -0.15) is 0 Å². The molecule has 174 valence electrons. The third-order valence-electron chi connectivity index (χ3n) is 5.71. The molecule has 6 nitrogen and oxygen atoms in total. The summed E-state index contributed by atoms with van der Waals surface area (Å²) in [4.78, 5) is 16.6. The highest BCUT2D eigenvalue weighted by Crippen LogP contribution is 2.24. The molecule has 2 aromatic carbocycles. The molecule has 1 aliphatic heterocycles. The lowest BCUT2D eigenvalue weighted by molar-refractivity contribution is -0.127. The zero-order valence-electron chi connectivity index (χ0n) is 18.6. The predicted molar refractivity (Wildman–Crippen MR) is 124 cm³/mol. The van der Waals surface area contributed by atoms with Crippen molar-refractivity contribution in [2.24, 2.45) is 0 Å². The first-order chi connectivity index (χ1) is 16.0. The molecule has 9 heteroatoms. The van der Waals surface area contributed by atoms with E-state index in [4.69, 9.17) is 0 Å². The van der Waals surface area contributed by atoms with Gasteiger partial charge in [0.05, 0.1) is 12.3 Å². The standard InChI is InChI=1S/C24H27F2N5OS/c1-29(15-18-7-3-4-8-21(18)26)23(32)17-33-24-28-27-22(16-30-13-5-2-6-14-30)31(24)20-11-9-19(25)10-12-20/h3-4,7-12H,2,5-6,13-17H2,1H3. The Hall–Kier alpha value is -2.78. The van der Waals surface area contributed by atoms with Crippen LogP contribution in [0.3, 0.4) is 0 Å². The van der Waals surface area contributed by atoms with Crippen LogP contribution in [0, 0.1) is 11.6 Å². The van der Waals surface area contributed by atoms with Crippen molar-refractivity contribution in [1.82, 2.24) is 24.6 Å². The summed E-state index contributed by atoms with van der Waals surface area (Å²) in [6, 6.07) is 12.6. The van der Waals surface area contributed by atoms with Crippen LogP contribution in [-0.4, -0.2) is 56.4 Å². The van der Waals surface area contributed by atoms with Crippen LogP contribution in [0.4, 0.5) is 8.78 Å². The van der Waals surface area contributed by atoms with Crippen LogP contribution in [0.2, 0.25) is 0 Å². The number of likely N-dealkylation sites (tertiary alicyclic amines) is 1. The number of hydrogen-bond donors (Lipinski definition) is 0. The number of carbonyl (C=O) groups is 1. The number of thioether (sulfide) groups is 1. The summed E-state index contributed by atoms with van der Waals surface area (Å²) in [5.74, 6) is 0.105. The molecule has 0 radical (unpaired) electrons. The quantitative estimate of drug-likeness (QED) is 0.459. The maximum atomic E-state index is 13.9. The Morgan fingerprint density at radius 3 is 2.48 bits per heavy atom. The fraction of sp³-hybridized carbons (Fsp3) is 0.375. The van der Waals surface area contributed by atoms with Gasteiger partial charge in [-0.25, -0.2) is 8.78 Å². The predicted octanol–water partition coefficient (Wildman–Crippen LogP) is 4.28. The Labute approximate surface area is 196 Å². The van der Waals surface area contributed by atoms with E-state index in [0.29, 0.717) is 17.3 Å². The SMILES string of the molecule is CN(Cc1ccccc1F)C(=O)CSc1nnc(CN2CCCCC2)n1-c1ccc(F)cc1. The Morgan fingerprint density at radius 1 is 1.03 bits per heavy atom. The van der Waals surface area contributed by atoms with Crippen LogP contribution in [-0.2, 0) is 17.9 Å². The van der Waals surface area contributed by atoms with Gasteiger partial charge in [0, 0.05) is 24.8 Å². The van der Waals surface area contributed by atoms with Crippen LogP contribution in [0.1, 0.15) is 30.7 Å². The van der Waals surface area contributed by atoms with Gasteiger partial charge in [-0.15, -0.1) is 10.2 Å². The molecular formula is C24H27F2N5OS. The van der Waals surface area contributed by atoms with Crippen LogP contribution in [0.5, 0.6) is 0 Å². The number of aromatic nitrogens is 3. The van der Waals surface area contributed by atoms with Crippen molar-refractivity contribution in [3.05, 3.63) is 71.6 Å². The van der Waals surface area contributed by atoms with Gasteiger partial charge in [0.15, 0.2) is 11.0 Å². The van der Waals surface area contributed by atoms with E-state index in [9.17, 15) is 13.6 Å². The van der Waals surface area contributed by atoms with Crippen LogP contribution < -0.4 is 0 Å². The summed E-state index contributed by atoms with van der Waals surface area (Å²) in [5, 5.41) is 9.30. The topological polar surface area (TPSA) is 54.3 Å². The second-order valence-electron chi connectivity index (χ2n) is 8.18. The smallest absolute Gasteiger partial charge is 0.233 e. The summed E-state index contributed by atoms with van der Waals surface area (Å²) < 4.78 is 29.3. The minimum atomic E-state index is -0.330. The number of nitrogens with zero attached hydrogens (tertiary/aromatic N) is 5. The summed E-state index contributed by atoms with van der Waals surface area (Å²) in [7, 11) is 1.65. The fourth-order valence-corrected chi connectivity index (χ4v) is 4.78. The molecule has 1 aromatic heterocycles. The van der Waals surface area contributed by atoms with Crippen molar-refractivity contribution in [3.8, 4) is 5.69 Å². The highest BCUT2D eigenvalue weighted by Gasteiger charge is 2.20. The minimum Gasteiger partial charge on any atom is -0.341 e. The van der Waals surface area contributed by atoms with E-state index >= 15 is 0 Å². The summed E-state index contributed by atoms with van der Waals surface area (Å²) >= 11 is 1.27. The first-order valence-corrected chi connectivity index (χ1v) is 12.0. The van der Waals surface area contributed by atoms with Crippen LogP contribution >= 0.6 is 11.8 Å². The van der Waals surface area contributed by atoms with Crippen molar-refractivity contribution < 1.29 is 13.6 Å². The van der Waals surface area contributed by atoms with Crippen molar-refractivity contribution in [1.29, 1.82) is 0 Å². The molecule has 0 spiro atoms. The largest absolute Gasteiger partial charge is 0.341 e. The molecule has 0 atom stereocenters. The monoisotopic (exact) mass is 471 g/mol. The van der Waals surface area contributed by atoms with Gasteiger partial charge < -0.3 is 4.90 Å². The van der Waals surface area contributed by atoms with Crippen LogP contribution in [0.15, 0.2) is 53.7 Å². The van der Waals surface area contributed by atoms with Gasteiger partial charge in [-0.1, -0.05) is 36.4 Å². The van der Waals surface area contributed by atoms with E-state index in [1.54, 1.807) is 37.4 Å². The van der Waals surface area contributed by atoms with E-state index in [2.05, 4.69) is 15.1 Å². The van der Waals surface area contributed by atoms with Crippen molar-refractivity contribution in [3.63, 3.8) is 0 Å². The molecular weight excluding hydrogens is 444 g/mol. The third kappa shape index (κ3) is 5.97. The second-order valence-corrected chi connectivity index (χ2v) is 9.12. The molecule has 0 saturated carbocycles. The van der Waals surface area contributed by atoms with Gasteiger partial charge in [-0.3, -0.25) is 14.3 Å². The first kappa shape index (κ1) is 23.4. The van der Waals surface area contributed by atoms with Crippen molar-refractivity contribution in [2.75, 3.05) is 25.9 Å². The molecule has 0 unspecified atom stereocenters. The highest BCUT2D eigenvalue weighted by molar-refractivity contribution is 7.99. The third-order valence-corrected chi connectivity index (χ3v) is 6.63. The van der Waals surface area contributed by atoms with Crippen molar-refractivity contribution in [2.45, 2.75) is 37.5 Å². The fourth-order valence-electron chi connectivity index (χ4n) is 3.87. The van der Waals surface area contributed by atoms with Crippen LogP contribution in [0.25, 0.3) is 5.69 Å². The number of rotatable bonds is 8. The van der Waals surface area contributed by atoms with Gasteiger partial charge in [-0.05, 0) is 56.3 Å². The van der Waals surface area contributed by atoms with Crippen molar-refractivity contribution >= 4 is 17.7 Å². The lowest BCUT2D eigenvalue weighted by Gasteiger charge is -2.26. The molecule has 0 N–H and O–H groups in total. The number of carbonyl (C=O) groups excluding carboxylic acids is 1. The number of benzene rings is 2. The number of halogens is 2. The summed E-state index contributed by atoms with van der Waals surface area (Å²) in [5.41, 5.74) is 1.22. The molecule has 0 bridgehead atoms. The summed E-state index contributed by atoms with van der Waals surface area (Å²) in [6.07, 6.45) is 3.56. The zero-order chi connectivity index (χ0) is 23.2. The molecule has 1 aliphatic rings. The van der Waals surface area contributed by atoms with E-state index in [0.717, 1.165) is 37.4 Å². The number of hydrogen-bond acceptors (Lipinski definition) is 5. The highest BCUT2D eigenvalue weighted by atomic mass is 32.2. The number of amides is 1. The van der Waals surface area contributed by atoms with E-state index < -0.39 is 0 Å². The van der Waals surface area contributed by atoms with E-state index in [-0.39, 0.29) is 29.8 Å².